The molecule has 0 unspecified atom stereocenters. The summed E-state index contributed by atoms with van der Waals surface area (Å²) in [6.45, 7) is 2.59. The Morgan fingerprint density at radius 2 is 2.20 bits per heavy atom. The van der Waals surface area contributed by atoms with Crippen molar-refractivity contribution in [2.24, 2.45) is 0 Å². The molecule has 1 aliphatic rings. The molecule has 3 rings (SSSR count). The second-order valence-electron chi connectivity index (χ2n) is 5.26. The third-order valence-corrected chi connectivity index (χ3v) is 3.59. The van der Waals surface area contributed by atoms with Gasteiger partial charge in [-0.15, -0.1) is 0 Å². The minimum absolute atomic E-state index is 0.356. The molecule has 0 atom stereocenters. The van der Waals surface area contributed by atoms with Crippen molar-refractivity contribution < 1.29 is 14.3 Å². The lowest BCUT2D eigenvalue weighted by molar-refractivity contribution is 0.0697. The summed E-state index contributed by atoms with van der Waals surface area (Å²) in [5.74, 6) is -0.0279. The van der Waals surface area contributed by atoms with Crippen LogP contribution < -0.4 is 4.90 Å². The molecular weight excluding hydrogens is 254 g/mol. The molecule has 4 nitrogen and oxygen atoms in total. The van der Waals surface area contributed by atoms with Crippen LogP contribution in [0.5, 0.6) is 0 Å². The summed E-state index contributed by atoms with van der Waals surface area (Å²) in [7, 11) is 0. The van der Waals surface area contributed by atoms with E-state index in [1.54, 1.807) is 12.3 Å². The number of benzene rings is 1. The van der Waals surface area contributed by atoms with Crippen molar-refractivity contribution in [2.45, 2.75) is 32.4 Å². The zero-order valence-electron chi connectivity index (χ0n) is 11.4. The van der Waals surface area contributed by atoms with E-state index in [1.807, 2.05) is 31.2 Å². The van der Waals surface area contributed by atoms with Gasteiger partial charge in [0.2, 0.25) is 0 Å². The fourth-order valence-electron chi connectivity index (χ4n) is 2.43. The molecule has 0 bridgehead atoms. The fraction of sp³-hybridized carbons (Fsp3) is 0.312. The Morgan fingerprint density at radius 1 is 1.40 bits per heavy atom. The van der Waals surface area contributed by atoms with Crippen LogP contribution in [0.15, 0.2) is 41.0 Å². The zero-order valence-corrected chi connectivity index (χ0v) is 11.4. The summed E-state index contributed by atoms with van der Waals surface area (Å²) in [6, 6.07) is 9.67. The van der Waals surface area contributed by atoms with Gasteiger partial charge in [0, 0.05) is 6.04 Å². The Hall–Kier alpha value is -2.23. The maximum absolute atomic E-state index is 11.4. The molecule has 1 aliphatic carbocycles. The van der Waals surface area contributed by atoms with E-state index in [2.05, 4.69) is 4.90 Å². The fourth-order valence-corrected chi connectivity index (χ4v) is 2.43. The highest BCUT2D eigenvalue weighted by Crippen LogP contribution is 2.35. The minimum Gasteiger partial charge on any atom is -0.478 e. The van der Waals surface area contributed by atoms with Crippen LogP contribution in [-0.2, 0) is 6.54 Å². The molecule has 1 N–H and O–H groups in total. The number of furan rings is 1. The quantitative estimate of drug-likeness (QED) is 0.904. The Morgan fingerprint density at radius 3 is 2.80 bits per heavy atom. The average molecular weight is 271 g/mol. The second kappa shape index (κ2) is 5.04. The van der Waals surface area contributed by atoms with Crippen LogP contribution in [0.25, 0.3) is 0 Å². The van der Waals surface area contributed by atoms with Gasteiger partial charge in [-0.25, -0.2) is 4.79 Å². The third-order valence-electron chi connectivity index (χ3n) is 3.59. The molecule has 0 aliphatic heterocycles. The van der Waals surface area contributed by atoms with Gasteiger partial charge in [-0.2, -0.15) is 0 Å². The number of anilines is 1. The van der Waals surface area contributed by atoms with Gasteiger partial charge in [0.05, 0.1) is 24.1 Å². The van der Waals surface area contributed by atoms with Crippen molar-refractivity contribution in [3.63, 3.8) is 0 Å². The number of hydrogen-bond acceptors (Lipinski definition) is 3. The van der Waals surface area contributed by atoms with Crippen LogP contribution in [0.1, 0.15) is 34.5 Å². The standard InChI is InChI=1S/C16H17NO3/c1-11-4-7-14(16(18)19)15(9-11)17(12-5-6-12)10-13-3-2-8-20-13/h2-4,7-9,12H,5-6,10H2,1H3,(H,18,19). The highest BCUT2D eigenvalue weighted by Gasteiger charge is 2.32. The molecule has 104 valence electrons. The number of nitrogens with zero attached hydrogens (tertiary/aromatic N) is 1. The topological polar surface area (TPSA) is 53.7 Å². The first-order valence-corrected chi connectivity index (χ1v) is 6.78. The van der Waals surface area contributed by atoms with Gasteiger partial charge in [-0.3, -0.25) is 0 Å². The zero-order chi connectivity index (χ0) is 14.1. The van der Waals surface area contributed by atoms with E-state index < -0.39 is 5.97 Å². The highest BCUT2D eigenvalue weighted by atomic mass is 16.4. The Balaban J connectivity index is 1.98. The highest BCUT2D eigenvalue weighted by molar-refractivity contribution is 5.94. The van der Waals surface area contributed by atoms with Crippen LogP contribution >= 0.6 is 0 Å². The van der Waals surface area contributed by atoms with Gasteiger partial charge in [-0.05, 0) is 49.6 Å². The number of hydrogen-bond donors (Lipinski definition) is 1. The van der Waals surface area contributed by atoms with Crippen LogP contribution in [0.2, 0.25) is 0 Å². The maximum Gasteiger partial charge on any atom is 0.337 e. The van der Waals surface area contributed by atoms with Gasteiger partial charge >= 0.3 is 5.97 Å². The monoisotopic (exact) mass is 271 g/mol. The number of carbonyl (C=O) groups is 1. The predicted octanol–water partition coefficient (Wildman–Crippen LogP) is 3.46. The van der Waals surface area contributed by atoms with E-state index >= 15 is 0 Å². The third kappa shape index (κ3) is 2.54. The van der Waals surface area contributed by atoms with Crippen molar-refractivity contribution in [2.75, 3.05) is 4.90 Å². The second-order valence-corrected chi connectivity index (χ2v) is 5.26. The number of aryl methyl sites for hydroxylation is 1. The maximum atomic E-state index is 11.4. The van der Waals surface area contributed by atoms with Crippen molar-refractivity contribution in [1.29, 1.82) is 0 Å². The summed E-state index contributed by atoms with van der Waals surface area (Å²) in [5, 5.41) is 9.38. The van der Waals surface area contributed by atoms with Crippen LogP contribution in [0.4, 0.5) is 5.69 Å². The first-order chi connectivity index (χ1) is 9.65. The number of rotatable bonds is 5. The van der Waals surface area contributed by atoms with Gasteiger partial charge in [0.25, 0.3) is 0 Å². The Bertz CT molecular complexity index is 615. The number of aromatic carboxylic acids is 1. The molecule has 0 radical (unpaired) electrons. The molecular formula is C16H17NO3. The normalized spacial score (nSPS) is 14.2. The smallest absolute Gasteiger partial charge is 0.337 e. The number of carboxylic acids is 1. The largest absolute Gasteiger partial charge is 0.478 e. The van der Waals surface area contributed by atoms with Gasteiger partial charge in [0.1, 0.15) is 5.76 Å². The molecule has 2 aromatic rings. The molecule has 0 saturated heterocycles. The summed E-state index contributed by atoms with van der Waals surface area (Å²) in [4.78, 5) is 13.6. The minimum atomic E-state index is -0.884. The van der Waals surface area contributed by atoms with Gasteiger partial charge in [0.15, 0.2) is 0 Å². The van der Waals surface area contributed by atoms with E-state index in [0.717, 1.165) is 29.9 Å². The van der Waals surface area contributed by atoms with E-state index in [0.29, 0.717) is 18.2 Å². The summed E-state index contributed by atoms with van der Waals surface area (Å²) in [5.41, 5.74) is 2.21. The van der Waals surface area contributed by atoms with E-state index in [4.69, 9.17) is 4.42 Å². The average Bonchev–Trinajstić information content (AvgIpc) is 3.12. The van der Waals surface area contributed by atoms with E-state index in [-0.39, 0.29) is 0 Å². The SMILES string of the molecule is Cc1ccc(C(=O)O)c(N(Cc2ccco2)C2CC2)c1. The Labute approximate surface area is 117 Å². The summed E-state index contributed by atoms with van der Waals surface area (Å²) < 4.78 is 5.40. The summed E-state index contributed by atoms with van der Waals surface area (Å²) in [6.07, 6.45) is 3.86. The van der Waals surface area contributed by atoms with Crippen LogP contribution in [0, 0.1) is 6.92 Å². The van der Waals surface area contributed by atoms with Crippen molar-refractivity contribution in [3.05, 3.63) is 53.5 Å². The van der Waals surface area contributed by atoms with Crippen molar-refractivity contribution in [1.82, 2.24) is 0 Å². The first-order valence-electron chi connectivity index (χ1n) is 6.78. The van der Waals surface area contributed by atoms with E-state index in [9.17, 15) is 9.90 Å². The molecule has 1 saturated carbocycles. The Kier molecular flexibility index (Phi) is 3.22. The number of carboxylic acid groups (broad SMARTS) is 1. The van der Waals surface area contributed by atoms with Crippen molar-refractivity contribution >= 4 is 11.7 Å². The van der Waals surface area contributed by atoms with Crippen molar-refractivity contribution in [3.8, 4) is 0 Å². The predicted molar refractivity (Wildman–Crippen MR) is 76.1 cm³/mol. The first kappa shape index (κ1) is 12.8. The van der Waals surface area contributed by atoms with Gasteiger partial charge in [-0.1, -0.05) is 6.07 Å². The van der Waals surface area contributed by atoms with Crippen LogP contribution in [-0.4, -0.2) is 17.1 Å². The molecule has 1 fully saturated rings. The molecule has 4 heteroatoms. The summed E-state index contributed by atoms with van der Waals surface area (Å²) >= 11 is 0. The lowest BCUT2D eigenvalue weighted by Gasteiger charge is -2.25. The molecule has 20 heavy (non-hydrogen) atoms. The molecule has 0 spiro atoms. The lowest BCUT2D eigenvalue weighted by Crippen LogP contribution is -2.26. The molecule has 1 aromatic carbocycles. The molecule has 1 aromatic heterocycles. The van der Waals surface area contributed by atoms with Gasteiger partial charge < -0.3 is 14.4 Å². The molecule has 0 amide bonds. The van der Waals surface area contributed by atoms with Crippen LogP contribution in [0.3, 0.4) is 0 Å². The lowest BCUT2D eigenvalue weighted by atomic mass is 10.1. The molecule has 1 heterocycles. The van der Waals surface area contributed by atoms with E-state index in [1.165, 1.54) is 0 Å².